The summed E-state index contributed by atoms with van der Waals surface area (Å²) in [5.74, 6) is 0. The van der Waals surface area contributed by atoms with Gasteiger partial charge >= 0.3 is 0 Å². The van der Waals surface area contributed by atoms with Gasteiger partial charge in [-0.25, -0.2) is 0 Å². The van der Waals surface area contributed by atoms with Crippen molar-refractivity contribution < 1.29 is 0 Å². The highest BCUT2D eigenvalue weighted by Gasteiger charge is 2.08. The van der Waals surface area contributed by atoms with Crippen LogP contribution in [0.2, 0.25) is 0 Å². The van der Waals surface area contributed by atoms with Crippen LogP contribution < -0.4 is 10.6 Å². The summed E-state index contributed by atoms with van der Waals surface area (Å²) in [6, 6.07) is 0. The Labute approximate surface area is 185 Å². The van der Waals surface area contributed by atoms with E-state index in [1.807, 2.05) is 49.7 Å². The maximum Gasteiger partial charge on any atom is 0.175 e. The molecule has 31 heavy (non-hydrogen) atoms. The molecule has 0 fully saturated rings. The molecule has 0 bridgehead atoms. The van der Waals surface area contributed by atoms with Crippen LogP contribution in [0.1, 0.15) is 30.7 Å². The van der Waals surface area contributed by atoms with E-state index in [1.165, 1.54) is 0 Å². The zero-order valence-corrected chi connectivity index (χ0v) is 18.7. The van der Waals surface area contributed by atoms with Gasteiger partial charge in [0.25, 0.3) is 0 Å². The predicted molar refractivity (Wildman–Crippen MR) is 123 cm³/mol. The predicted octanol–water partition coefficient (Wildman–Crippen LogP) is 2.73. The maximum atomic E-state index is 5.43. The van der Waals surface area contributed by atoms with Crippen LogP contribution in [0.3, 0.4) is 0 Å². The van der Waals surface area contributed by atoms with Gasteiger partial charge in [0.2, 0.25) is 0 Å². The van der Waals surface area contributed by atoms with Gasteiger partial charge in [0, 0.05) is 48.5 Å². The number of aromatic nitrogens is 8. The summed E-state index contributed by atoms with van der Waals surface area (Å²) in [6.45, 7) is 9.24. The Morgan fingerprint density at radius 2 is 1.45 bits per heavy atom. The van der Waals surface area contributed by atoms with Crippen molar-refractivity contribution in [1.82, 2.24) is 39.1 Å². The first kappa shape index (κ1) is 20.8. The van der Waals surface area contributed by atoms with Crippen LogP contribution in [0.5, 0.6) is 0 Å². The SMILES string of the molecule is CCn1cc(Cn2cc(NC(=S)Nc3cnn(Cc4cnn(CC)c4C)c3)cn2)cn1. The highest BCUT2D eigenvalue weighted by Crippen LogP contribution is 2.13. The van der Waals surface area contributed by atoms with Crippen LogP contribution in [0, 0.1) is 6.92 Å². The minimum Gasteiger partial charge on any atom is -0.330 e. The lowest BCUT2D eigenvalue weighted by atomic mass is 10.2. The largest absolute Gasteiger partial charge is 0.330 e. The van der Waals surface area contributed by atoms with E-state index in [1.54, 1.807) is 12.4 Å². The van der Waals surface area contributed by atoms with Crippen LogP contribution in [-0.2, 0) is 26.2 Å². The fourth-order valence-electron chi connectivity index (χ4n) is 3.30. The number of hydrogen-bond acceptors (Lipinski definition) is 5. The number of rotatable bonds is 8. The molecule has 0 saturated heterocycles. The molecule has 0 unspecified atom stereocenters. The number of nitrogens with one attached hydrogen (secondary N) is 2. The van der Waals surface area contributed by atoms with Crippen LogP contribution in [-0.4, -0.2) is 44.2 Å². The van der Waals surface area contributed by atoms with Crippen molar-refractivity contribution in [3.63, 3.8) is 0 Å². The van der Waals surface area contributed by atoms with Crippen LogP contribution in [0.25, 0.3) is 0 Å². The van der Waals surface area contributed by atoms with E-state index >= 15 is 0 Å². The highest BCUT2D eigenvalue weighted by molar-refractivity contribution is 7.80. The maximum absolute atomic E-state index is 5.43. The lowest BCUT2D eigenvalue weighted by Gasteiger charge is -2.06. The van der Waals surface area contributed by atoms with Gasteiger partial charge < -0.3 is 10.6 Å². The van der Waals surface area contributed by atoms with E-state index in [0.29, 0.717) is 18.2 Å². The third-order valence-electron chi connectivity index (χ3n) is 4.97. The molecule has 0 saturated carbocycles. The Morgan fingerprint density at radius 1 is 0.806 bits per heavy atom. The summed E-state index contributed by atoms with van der Waals surface area (Å²) < 4.78 is 7.59. The first-order valence-electron chi connectivity index (χ1n) is 10.2. The average molecular weight is 439 g/mol. The summed E-state index contributed by atoms with van der Waals surface area (Å²) in [7, 11) is 0. The Morgan fingerprint density at radius 3 is 2.03 bits per heavy atom. The molecule has 4 aromatic heterocycles. The molecule has 0 aliphatic rings. The summed E-state index contributed by atoms with van der Waals surface area (Å²) in [5.41, 5.74) is 5.04. The normalized spacial score (nSPS) is 11.1. The minimum absolute atomic E-state index is 0.480. The third kappa shape index (κ3) is 5.00. The fourth-order valence-corrected chi connectivity index (χ4v) is 3.54. The van der Waals surface area contributed by atoms with Crippen molar-refractivity contribution >= 4 is 28.7 Å². The van der Waals surface area contributed by atoms with Crippen molar-refractivity contribution in [2.24, 2.45) is 0 Å². The second-order valence-electron chi connectivity index (χ2n) is 7.21. The van der Waals surface area contributed by atoms with Gasteiger partial charge in [-0.3, -0.25) is 18.7 Å². The van der Waals surface area contributed by atoms with Gasteiger partial charge in [-0.05, 0) is 33.0 Å². The molecule has 0 aliphatic carbocycles. The van der Waals surface area contributed by atoms with Gasteiger partial charge in [0.15, 0.2) is 5.11 Å². The van der Waals surface area contributed by atoms with Crippen molar-refractivity contribution in [2.45, 2.75) is 47.0 Å². The van der Waals surface area contributed by atoms with Crippen LogP contribution in [0.4, 0.5) is 11.4 Å². The number of aryl methyl sites for hydroxylation is 2. The summed E-state index contributed by atoms with van der Waals surface area (Å²) in [4.78, 5) is 0. The molecule has 0 amide bonds. The van der Waals surface area contributed by atoms with Crippen molar-refractivity contribution in [3.8, 4) is 0 Å². The summed E-state index contributed by atoms with van der Waals surface area (Å²) >= 11 is 5.43. The molecular weight excluding hydrogens is 412 g/mol. The molecule has 10 nitrogen and oxygen atoms in total. The molecule has 4 heterocycles. The second-order valence-corrected chi connectivity index (χ2v) is 7.62. The van der Waals surface area contributed by atoms with E-state index in [9.17, 15) is 0 Å². The van der Waals surface area contributed by atoms with Crippen LogP contribution in [0.15, 0.2) is 43.4 Å². The molecule has 2 N–H and O–H groups in total. The fraction of sp³-hybridized carbons (Fsp3) is 0.350. The van der Waals surface area contributed by atoms with Gasteiger partial charge in [0.05, 0.1) is 49.3 Å². The number of nitrogens with zero attached hydrogens (tertiary/aromatic N) is 8. The van der Waals surface area contributed by atoms with E-state index in [4.69, 9.17) is 12.2 Å². The van der Waals surface area contributed by atoms with Gasteiger partial charge in [0.1, 0.15) is 0 Å². The molecule has 11 heteroatoms. The van der Waals surface area contributed by atoms with E-state index in [0.717, 1.165) is 41.3 Å². The van der Waals surface area contributed by atoms with Gasteiger partial charge in [-0.1, -0.05) is 0 Å². The van der Waals surface area contributed by atoms with E-state index in [2.05, 4.69) is 51.8 Å². The minimum atomic E-state index is 0.480. The standard InChI is InChI=1S/C20H26N10S/c1-4-27-10-16(6-21-27)11-28-13-18(8-22-28)25-20(31)26-19-9-23-29(14-19)12-17-7-24-30(5-2)15(17)3/h6-10,13-14H,4-5,11-12H2,1-3H3,(H2,25,26,31). The first-order valence-corrected chi connectivity index (χ1v) is 10.6. The number of hydrogen-bond donors (Lipinski definition) is 2. The van der Waals surface area contributed by atoms with Crippen molar-refractivity contribution in [1.29, 1.82) is 0 Å². The summed E-state index contributed by atoms with van der Waals surface area (Å²) in [6.07, 6.45) is 13.1. The Balaban J connectivity index is 1.31. The average Bonchev–Trinajstić information content (AvgIpc) is 3.53. The quantitative estimate of drug-likeness (QED) is 0.408. The van der Waals surface area contributed by atoms with Crippen molar-refractivity contribution in [2.75, 3.05) is 10.6 Å². The molecule has 4 aromatic rings. The van der Waals surface area contributed by atoms with Crippen molar-refractivity contribution in [3.05, 3.63) is 60.2 Å². The molecule has 0 spiro atoms. The lowest BCUT2D eigenvalue weighted by molar-refractivity contribution is 0.633. The molecule has 0 radical (unpaired) electrons. The van der Waals surface area contributed by atoms with Crippen LogP contribution >= 0.6 is 12.2 Å². The topological polar surface area (TPSA) is 95.3 Å². The zero-order valence-electron chi connectivity index (χ0n) is 17.9. The Bertz CT molecular complexity index is 1160. The molecule has 0 aromatic carbocycles. The monoisotopic (exact) mass is 438 g/mol. The number of anilines is 2. The summed E-state index contributed by atoms with van der Waals surface area (Å²) in [5, 5.41) is 24.3. The Kier molecular flexibility index (Phi) is 6.12. The molecular formula is C20H26N10S. The smallest absolute Gasteiger partial charge is 0.175 e. The third-order valence-corrected chi connectivity index (χ3v) is 5.18. The molecule has 0 atom stereocenters. The van der Waals surface area contributed by atoms with Gasteiger partial charge in [-0.15, -0.1) is 0 Å². The molecule has 162 valence electrons. The van der Waals surface area contributed by atoms with E-state index in [-0.39, 0.29) is 0 Å². The van der Waals surface area contributed by atoms with Gasteiger partial charge in [-0.2, -0.15) is 20.4 Å². The second kappa shape index (κ2) is 9.13. The molecule has 4 rings (SSSR count). The lowest BCUT2D eigenvalue weighted by Crippen LogP contribution is -2.18. The molecule has 0 aliphatic heterocycles. The number of thiocarbonyl (C=S) groups is 1. The van der Waals surface area contributed by atoms with E-state index < -0.39 is 0 Å². The zero-order chi connectivity index (χ0) is 21.8. The highest BCUT2D eigenvalue weighted by atomic mass is 32.1. The first-order chi connectivity index (χ1) is 15.0. The Hall–Kier alpha value is -3.47.